The quantitative estimate of drug-likeness (QED) is 0.0897. The normalized spacial score (nSPS) is 14.4. The second-order valence-corrected chi connectivity index (χ2v) is 31.6. The molecule has 410 valence electrons. The van der Waals surface area contributed by atoms with Crippen molar-refractivity contribution in [2.24, 2.45) is 0 Å². The van der Waals surface area contributed by atoms with Crippen LogP contribution in [0.3, 0.4) is 0 Å². The van der Waals surface area contributed by atoms with Crippen LogP contribution in [0.5, 0.6) is 0 Å². The maximum absolute atomic E-state index is 6.29. The molecular formula is C66H68ClN9O3Si2. The Hall–Kier alpha value is -7.98. The maximum Gasteiger partial charge on any atom is 0.139 e. The van der Waals surface area contributed by atoms with Gasteiger partial charge in [0.15, 0.2) is 0 Å². The molecule has 81 heavy (non-hydrogen) atoms. The average Bonchev–Trinajstić information content (AvgIpc) is 3.64. The fourth-order valence-electron chi connectivity index (χ4n) is 9.07. The van der Waals surface area contributed by atoms with Crippen molar-refractivity contribution in [3.63, 3.8) is 0 Å². The zero-order chi connectivity index (χ0) is 56.8. The molecule has 0 N–H and O–H groups in total. The third kappa shape index (κ3) is 15.7. The summed E-state index contributed by atoms with van der Waals surface area (Å²) in [7, 11) is -2.59. The van der Waals surface area contributed by atoms with Crippen LogP contribution in [-0.2, 0) is 14.2 Å². The van der Waals surface area contributed by atoms with E-state index in [9.17, 15) is 0 Å². The van der Waals surface area contributed by atoms with Crippen molar-refractivity contribution in [1.29, 1.82) is 0 Å². The highest BCUT2D eigenvalue weighted by Gasteiger charge is 2.17. The lowest BCUT2D eigenvalue weighted by Gasteiger charge is -2.28. The van der Waals surface area contributed by atoms with Crippen molar-refractivity contribution in [1.82, 2.24) is 29.9 Å². The van der Waals surface area contributed by atoms with Crippen LogP contribution in [-0.4, -0.2) is 125 Å². The highest BCUT2D eigenvalue weighted by molar-refractivity contribution is 6.84. The number of anilines is 3. The topological polar surface area (TPSA) is 115 Å². The summed E-state index contributed by atoms with van der Waals surface area (Å²) in [4.78, 5) is 34.4. The minimum atomic E-state index is -1.49. The van der Waals surface area contributed by atoms with Gasteiger partial charge in [-0.3, -0.25) is 15.0 Å². The first-order valence-corrected chi connectivity index (χ1v) is 34.8. The number of benzene rings is 3. The third-order valence-corrected chi connectivity index (χ3v) is 15.5. The minimum absolute atomic E-state index is 0.489. The van der Waals surface area contributed by atoms with E-state index >= 15 is 0 Å². The number of fused-ring (bicyclic) bond motifs is 3. The molecule has 3 aliphatic heterocycles. The van der Waals surface area contributed by atoms with Gasteiger partial charge in [-0.25, -0.2) is 15.0 Å². The summed E-state index contributed by atoms with van der Waals surface area (Å²) in [5.74, 6) is 6.01. The molecule has 9 aromatic rings. The van der Waals surface area contributed by atoms with E-state index < -0.39 is 16.1 Å². The summed E-state index contributed by atoms with van der Waals surface area (Å²) < 4.78 is 16.2. The number of hydrogen-bond acceptors (Lipinski definition) is 12. The van der Waals surface area contributed by atoms with Crippen LogP contribution >= 0.6 is 11.6 Å². The number of rotatable bonds is 6. The summed E-state index contributed by atoms with van der Waals surface area (Å²) in [5.41, 5.74) is 19.7. The highest BCUT2D eigenvalue weighted by atomic mass is 35.5. The number of morpholine rings is 3. The number of terminal acetylenes is 2. The molecule has 3 aliphatic rings. The first kappa shape index (κ1) is 57.7. The Morgan fingerprint density at radius 1 is 0.444 bits per heavy atom. The fraction of sp³-hybridized carbons (Fsp3) is 0.273. The summed E-state index contributed by atoms with van der Waals surface area (Å²) >= 11 is 6.29. The van der Waals surface area contributed by atoms with Crippen molar-refractivity contribution in [2.75, 3.05) is 93.6 Å². The molecule has 0 aliphatic carbocycles. The van der Waals surface area contributed by atoms with Gasteiger partial charge in [0.25, 0.3) is 0 Å². The summed E-state index contributed by atoms with van der Waals surface area (Å²) in [6, 6.07) is 43.1. The van der Waals surface area contributed by atoms with E-state index in [0.717, 1.165) is 151 Å². The van der Waals surface area contributed by atoms with Crippen LogP contribution in [0.15, 0.2) is 146 Å². The molecule has 9 heterocycles. The second kappa shape index (κ2) is 27.0. The van der Waals surface area contributed by atoms with E-state index in [0.29, 0.717) is 10.8 Å². The molecule has 12 rings (SSSR count). The van der Waals surface area contributed by atoms with Gasteiger partial charge in [0.05, 0.1) is 73.3 Å². The van der Waals surface area contributed by atoms with Crippen LogP contribution in [0, 0.1) is 35.8 Å². The highest BCUT2D eigenvalue weighted by Crippen LogP contribution is 2.30. The molecule has 3 saturated heterocycles. The maximum atomic E-state index is 6.29. The van der Waals surface area contributed by atoms with E-state index in [1.165, 1.54) is 17.1 Å². The van der Waals surface area contributed by atoms with Gasteiger partial charge >= 0.3 is 0 Å². The standard InChI is InChI=1S/C23H25N3OSi.C20H17N3O.C18H16ClN3O.C5H10Si/c1-28(2,3)16-10-21-20-5-4-11-24-23(20)17-22(25-21)18-6-8-19(9-7-18)26-12-14-27-15-13-26;1-2-18-17-4-3-9-21-20(17)14-19(22-18)15-5-7-16(8-6-15)23-10-12-24-13-11-23;19-18-15-2-1-7-20-17(15)12-16(21-18)13-3-5-14(6-4-13)22-8-10-23-11-9-22;1-5-6(2,3)4/h4-9,11,17H,12-15H2,1-3H3;1,3-9,14H,10-13H2;1-7,12H,8-11H2;1H,2-4H3. The average molecular weight is 1130 g/mol. The summed E-state index contributed by atoms with van der Waals surface area (Å²) in [5, 5.41) is 3.29. The zero-order valence-corrected chi connectivity index (χ0v) is 49.9. The molecule has 0 unspecified atom stereocenters. The van der Waals surface area contributed by atoms with Crippen LogP contribution in [0.25, 0.3) is 66.5 Å². The molecule has 0 amide bonds. The Kier molecular flexibility index (Phi) is 19.2. The van der Waals surface area contributed by atoms with Crippen molar-refractivity contribution in [3.05, 3.63) is 163 Å². The summed E-state index contributed by atoms with van der Waals surface area (Å²) in [6.07, 6.45) is 16.1. The number of ether oxygens (including phenoxy) is 3. The van der Waals surface area contributed by atoms with Crippen molar-refractivity contribution >= 4 is 77.5 Å². The van der Waals surface area contributed by atoms with Crippen LogP contribution in [0.2, 0.25) is 44.4 Å². The monoisotopic (exact) mass is 1130 g/mol. The van der Waals surface area contributed by atoms with Gasteiger partial charge in [-0.2, -0.15) is 0 Å². The lowest BCUT2D eigenvalue weighted by atomic mass is 10.1. The third-order valence-electron chi connectivity index (χ3n) is 13.5. The SMILES string of the molecule is C#C[Si](C)(C)C.C#Cc1nc(-c2ccc(N3CCOCC3)cc2)cc2ncccc12.C[Si](C)(C)C#Cc1nc(-c2ccc(N3CCOCC3)cc2)cc2ncccc12.Clc1nc(-c2ccc(N3CCOCC3)cc2)cc2ncccc12. The molecule has 15 heteroatoms. The number of aromatic nitrogens is 6. The predicted molar refractivity (Wildman–Crippen MR) is 339 cm³/mol. The van der Waals surface area contributed by atoms with E-state index in [2.05, 4.69) is 187 Å². The second-order valence-electron chi connectivity index (χ2n) is 21.7. The number of hydrogen-bond donors (Lipinski definition) is 0. The number of halogens is 1. The lowest BCUT2D eigenvalue weighted by Crippen LogP contribution is -2.36. The van der Waals surface area contributed by atoms with Gasteiger partial charge in [-0.1, -0.05) is 93.2 Å². The molecule has 0 radical (unpaired) electrons. The first-order valence-electron chi connectivity index (χ1n) is 27.4. The van der Waals surface area contributed by atoms with Gasteiger partial charge in [0.1, 0.15) is 32.7 Å². The van der Waals surface area contributed by atoms with E-state index in [4.69, 9.17) is 43.6 Å². The van der Waals surface area contributed by atoms with Gasteiger partial charge < -0.3 is 28.9 Å². The Morgan fingerprint density at radius 2 is 0.778 bits per heavy atom. The van der Waals surface area contributed by atoms with Gasteiger partial charge in [0, 0.05) is 108 Å². The Labute approximate surface area is 484 Å². The fourth-order valence-corrected chi connectivity index (χ4v) is 9.82. The van der Waals surface area contributed by atoms with Crippen molar-refractivity contribution in [2.45, 2.75) is 39.3 Å². The van der Waals surface area contributed by atoms with Crippen LogP contribution in [0.1, 0.15) is 11.4 Å². The molecule has 3 fully saturated rings. The first-order chi connectivity index (χ1) is 39.2. The van der Waals surface area contributed by atoms with E-state index in [-0.39, 0.29) is 0 Å². The van der Waals surface area contributed by atoms with Gasteiger partial charge in [-0.05, 0) is 96.9 Å². The van der Waals surface area contributed by atoms with Gasteiger partial charge in [-0.15, -0.1) is 23.9 Å². The molecule has 0 bridgehead atoms. The molecule has 12 nitrogen and oxygen atoms in total. The minimum Gasteiger partial charge on any atom is -0.378 e. The molecule has 3 aromatic carbocycles. The van der Waals surface area contributed by atoms with E-state index in [1.807, 2.05) is 48.7 Å². The number of pyridine rings is 6. The largest absolute Gasteiger partial charge is 0.378 e. The number of nitrogens with zero attached hydrogens (tertiary/aromatic N) is 9. The van der Waals surface area contributed by atoms with Crippen LogP contribution < -0.4 is 14.7 Å². The van der Waals surface area contributed by atoms with Crippen molar-refractivity contribution in [3.8, 4) is 69.5 Å². The molecule has 6 aromatic heterocycles. The van der Waals surface area contributed by atoms with E-state index in [1.54, 1.807) is 12.4 Å². The summed E-state index contributed by atoms with van der Waals surface area (Å²) in [6.45, 7) is 23.5. The Bertz CT molecular complexity index is 3730. The molecule has 0 atom stereocenters. The van der Waals surface area contributed by atoms with Crippen molar-refractivity contribution < 1.29 is 14.2 Å². The van der Waals surface area contributed by atoms with Crippen LogP contribution in [0.4, 0.5) is 17.1 Å². The smallest absolute Gasteiger partial charge is 0.139 e. The Morgan fingerprint density at radius 3 is 1.14 bits per heavy atom. The van der Waals surface area contributed by atoms with Gasteiger partial charge in [0.2, 0.25) is 0 Å². The Balaban J connectivity index is 0.000000140. The predicted octanol–water partition coefficient (Wildman–Crippen LogP) is 12.8. The zero-order valence-electron chi connectivity index (χ0n) is 47.1. The molecule has 0 spiro atoms. The molecule has 0 saturated carbocycles. The lowest BCUT2D eigenvalue weighted by molar-refractivity contribution is 0.122. The molecular weight excluding hydrogens is 1060 g/mol.